The van der Waals surface area contributed by atoms with Crippen molar-refractivity contribution in [3.8, 4) is 17.6 Å². The van der Waals surface area contributed by atoms with Crippen LogP contribution in [0.25, 0.3) is 0 Å². The van der Waals surface area contributed by atoms with E-state index < -0.39 is 0 Å². The molecule has 1 rings (SSSR count). The lowest BCUT2D eigenvalue weighted by molar-refractivity contribution is 0.408. The monoisotopic (exact) mass is 222 g/mol. The molecule has 0 heterocycles. The second kappa shape index (κ2) is 5.68. The summed E-state index contributed by atoms with van der Waals surface area (Å²) in [6.07, 6.45) is 0.866. The van der Waals surface area contributed by atoms with Crippen molar-refractivity contribution in [3.63, 3.8) is 0 Å². The van der Waals surface area contributed by atoms with E-state index in [0.717, 1.165) is 22.8 Å². The Morgan fingerprint density at radius 3 is 2.80 bits per heavy atom. The molecule has 0 amide bonds. The van der Waals surface area contributed by atoms with Crippen LogP contribution in [0.4, 0.5) is 0 Å². The molecule has 0 aliphatic carbocycles. The Morgan fingerprint density at radius 2 is 2.20 bits per heavy atom. The first kappa shape index (κ1) is 11.9. The Kier molecular flexibility index (Phi) is 4.52. The summed E-state index contributed by atoms with van der Waals surface area (Å²) in [4.78, 5) is 0. The van der Waals surface area contributed by atoms with Gasteiger partial charge in [0.1, 0.15) is 5.75 Å². The number of ether oxygens (including phenoxy) is 1. The first-order valence-corrected chi connectivity index (χ1v) is 5.30. The van der Waals surface area contributed by atoms with Crippen molar-refractivity contribution < 1.29 is 4.74 Å². The minimum Gasteiger partial charge on any atom is -0.496 e. The van der Waals surface area contributed by atoms with Crippen LogP contribution in [0.2, 0.25) is 5.02 Å². The number of hydrogen-bond donors (Lipinski definition) is 0. The molecular weight excluding hydrogens is 208 g/mol. The first-order chi connectivity index (χ1) is 7.17. The summed E-state index contributed by atoms with van der Waals surface area (Å²) < 4.78 is 5.27. The molecule has 1 unspecified atom stereocenters. The van der Waals surface area contributed by atoms with E-state index in [-0.39, 0.29) is 0 Å². The summed E-state index contributed by atoms with van der Waals surface area (Å²) in [5.41, 5.74) is 1.11. The predicted octanol–water partition coefficient (Wildman–Crippen LogP) is 3.55. The third-order valence-electron chi connectivity index (χ3n) is 2.16. The van der Waals surface area contributed by atoms with E-state index in [1.807, 2.05) is 25.1 Å². The topological polar surface area (TPSA) is 9.23 Å². The molecule has 0 aromatic heterocycles. The van der Waals surface area contributed by atoms with Crippen LogP contribution in [-0.4, -0.2) is 7.11 Å². The molecule has 1 aromatic carbocycles. The van der Waals surface area contributed by atoms with E-state index in [1.165, 1.54) is 0 Å². The van der Waals surface area contributed by atoms with Crippen LogP contribution in [0.1, 0.15) is 19.4 Å². The fourth-order valence-corrected chi connectivity index (χ4v) is 1.73. The Labute approximate surface area is 96.4 Å². The van der Waals surface area contributed by atoms with Gasteiger partial charge < -0.3 is 4.74 Å². The van der Waals surface area contributed by atoms with E-state index >= 15 is 0 Å². The maximum absolute atomic E-state index is 5.94. The summed E-state index contributed by atoms with van der Waals surface area (Å²) in [6.45, 7) is 3.95. The highest BCUT2D eigenvalue weighted by atomic mass is 35.5. The summed E-state index contributed by atoms with van der Waals surface area (Å²) >= 11 is 5.94. The Hall–Kier alpha value is -1.13. The van der Waals surface area contributed by atoms with Crippen LogP contribution < -0.4 is 4.74 Å². The minimum absolute atomic E-state index is 0.322. The van der Waals surface area contributed by atoms with Crippen molar-refractivity contribution >= 4 is 11.6 Å². The van der Waals surface area contributed by atoms with Gasteiger partial charge in [0.05, 0.1) is 7.11 Å². The van der Waals surface area contributed by atoms with Gasteiger partial charge in [0.2, 0.25) is 0 Å². The van der Waals surface area contributed by atoms with E-state index in [9.17, 15) is 0 Å². The lowest BCUT2D eigenvalue weighted by Gasteiger charge is -2.10. The molecular formula is C13H15ClO. The average Bonchev–Trinajstić information content (AvgIpc) is 2.18. The van der Waals surface area contributed by atoms with E-state index in [4.69, 9.17) is 16.3 Å². The molecule has 0 saturated heterocycles. The normalized spacial score (nSPS) is 11.5. The van der Waals surface area contributed by atoms with Gasteiger partial charge in [-0.3, -0.25) is 0 Å². The molecule has 1 aromatic rings. The highest BCUT2D eigenvalue weighted by molar-refractivity contribution is 6.30. The average molecular weight is 223 g/mol. The zero-order valence-corrected chi connectivity index (χ0v) is 10.1. The Bertz CT molecular complexity index is 387. The van der Waals surface area contributed by atoms with Crippen LogP contribution in [0.3, 0.4) is 0 Å². The molecule has 80 valence electrons. The highest BCUT2D eigenvalue weighted by Crippen LogP contribution is 2.24. The van der Waals surface area contributed by atoms with Gasteiger partial charge in [0, 0.05) is 10.9 Å². The smallest absolute Gasteiger partial charge is 0.122 e. The third kappa shape index (κ3) is 3.49. The molecule has 1 atom stereocenters. The predicted molar refractivity (Wildman–Crippen MR) is 64.3 cm³/mol. The van der Waals surface area contributed by atoms with E-state index in [1.54, 1.807) is 7.11 Å². The fraction of sp³-hybridized carbons (Fsp3) is 0.385. The molecule has 1 nitrogen and oxygen atoms in total. The fourth-order valence-electron chi connectivity index (χ4n) is 1.53. The standard InChI is InChI=1S/C13H15ClO/c1-4-5-10(2)8-11-9-12(14)6-7-13(11)15-3/h6-7,9-10H,8H2,1-3H3. The number of methoxy groups -OCH3 is 1. The maximum Gasteiger partial charge on any atom is 0.122 e. The molecule has 0 bridgehead atoms. The van der Waals surface area contributed by atoms with Gasteiger partial charge in [-0.1, -0.05) is 18.5 Å². The molecule has 0 N–H and O–H groups in total. The first-order valence-electron chi connectivity index (χ1n) is 4.92. The SMILES string of the molecule is CC#CC(C)Cc1cc(Cl)ccc1OC. The van der Waals surface area contributed by atoms with Gasteiger partial charge in [-0.25, -0.2) is 0 Å². The number of rotatable bonds is 3. The lowest BCUT2D eigenvalue weighted by Crippen LogP contribution is -1.99. The van der Waals surface area contributed by atoms with Crippen molar-refractivity contribution in [1.29, 1.82) is 0 Å². The van der Waals surface area contributed by atoms with Crippen LogP contribution >= 0.6 is 11.6 Å². The third-order valence-corrected chi connectivity index (χ3v) is 2.39. The molecule has 15 heavy (non-hydrogen) atoms. The second-order valence-corrected chi connectivity index (χ2v) is 3.89. The largest absolute Gasteiger partial charge is 0.496 e. The van der Waals surface area contributed by atoms with Gasteiger partial charge in [0.25, 0.3) is 0 Å². The van der Waals surface area contributed by atoms with E-state index in [2.05, 4.69) is 18.8 Å². The number of halogens is 1. The molecule has 0 radical (unpaired) electrons. The summed E-state index contributed by atoms with van der Waals surface area (Å²) in [6, 6.07) is 5.66. The van der Waals surface area contributed by atoms with Crippen molar-refractivity contribution in [1.82, 2.24) is 0 Å². The van der Waals surface area contributed by atoms with Crippen molar-refractivity contribution in [2.45, 2.75) is 20.3 Å². The van der Waals surface area contributed by atoms with Crippen molar-refractivity contribution in [3.05, 3.63) is 28.8 Å². The van der Waals surface area contributed by atoms with Crippen molar-refractivity contribution in [2.24, 2.45) is 5.92 Å². The Morgan fingerprint density at radius 1 is 1.47 bits per heavy atom. The van der Waals surface area contributed by atoms with Gasteiger partial charge in [-0.2, -0.15) is 0 Å². The summed E-state index contributed by atoms with van der Waals surface area (Å²) in [5, 5.41) is 0.738. The van der Waals surface area contributed by atoms with Gasteiger partial charge in [-0.15, -0.1) is 11.8 Å². The molecule has 0 spiro atoms. The van der Waals surface area contributed by atoms with Crippen LogP contribution in [0.15, 0.2) is 18.2 Å². The highest BCUT2D eigenvalue weighted by Gasteiger charge is 2.07. The zero-order valence-electron chi connectivity index (χ0n) is 9.30. The lowest BCUT2D eigenvalue weighted by atomic mass is 10.0. The maximum atomic E-state index is 5.94. The molecule has 0 aliphatic heterocycles. The second-order valence-electron chi connectivity index (χ2n) is 3.46. The van der Waals surface area contributed by atoms with E-state index in [0.29, 0.717) is 5.92 Å². The number of benzene rings is 1. The molecule has 2 heteroatoms. The molecule has 0 aliphatic rings. The minimum atomic E-state index is 0.322. The van der Waals surface area contributed by atoms with Crippen LogP contribution in [0.5, 0.6) is 5.75 Å². The number of hydrogen-bond acceptors (Lipinski definition) is 1. The summed E-state index contributed by atoms with van der Waals surface area (Å²) in [5.74, 6) is 7.23. The zero-order chi connectivity index (χ0) is 11.3. The molecule has 0 fully saturated rings. The molecule has 0 saturated carbocycles. The van der Waals surface area contributed by atoms with Crippen molar-refractivity contribution in [2.75, 3.05) is 7.11 Å². The van der Waals surface area contributed by atoms with Crippen LogP contribution in [-0.2, 0) is 6.42 Å². The van der Waals surface area contributed by atoms with Gasteiger partial charge in [0.15, 0.2) is 0 Å². The summed E-state index contributed by atoms with van der Waals surface area (Å²) in [7, 11) is 1.67. The quantitative estimate of drug-likeness (QED) is 0.711. The van der Waals surface area contributed by atoms with Gasteiger partial charge in [-0.05, 0) is 37.1 Å². The van der Waals surface area contributed by atoms with Crippen LogP contribution in [0, 0.1) is 17.8 Å². The van der Waals surface area contributed by atoms with Gasteiger partial charge >= 0.3 is 0 Å². The Balaban J connectivity index is 2.90.